The molecule has 2 unspecified atom stereocenters. The molecule has 1 N–H and O–H groups in total. The second-order valence-corrected chi connectivity index (χ2v) is 9.55. The molecule has 6 nitrogen and oxygen atoms in total. The maximum atomic E-state index is 13.2. The Hall–Kier alpha value is -2.88. The van der Waals surface area contributed by atoms with Gasteiger partial charge >= 0.3 is 6.09 Å². The minimum Gasteiger partial charge on any atom is -0.448 e. The van der Waals surface area contributed by atoms with Gasteiger partial charge < -0.3 is 14.6 Å². The molecule has 0 saturated carbocycles. The Kier molecular flexibility index (Phi) is 6.09. The van der Waals surface area contributed by atoms with Crippen molar-refractivity contribution < 1.29 is 19.4 Å². The van der Waals surface area contributed by atoms with E-state index in [1.54, 1.807) is 4.90 Å². The standard InChI is InChI=1S/C27H30N2O4/c28-13-7-1-6-12-27(31)14-19-16-32-17-20(15-27)29(19)26(30)33-18-25-23-10-4-2-8-21(23)22-9-3-5-11-24(22)25/h2-5,8-11,19-20,25,31H,1,6-7,12,14-18H2. The van der Waals surface area contributed by atoms with E-state index in [1.165, 1.54) is 22.3 Å². The van der Waals surface area contributed by atoms with Crippen LogP contribution in [0, 0.1) is 11.3 Å². The van der Waals surface area contributed by atoms with Crippen LogP contribution in [0.5, 0.6) is 0 Å². The van der Waals surface area contributed by atoms with Crippen LogP contribution < -0.4 is 0 Å². The monoisotopic (exact) mass is 446 g/mol. The molecule has 0 aromatic heterocycles. The van der Waals surface area contributed by atoms with Gasteiger partial charge in [0.05, 0.1) is 37.0 Å². The topological polar surface area (TPSA) is 82.8 Å². The van der Waals surface area contributed by atoms with Crippen LogP contribution >= 0.6 is 0 Å². The first-order chi connectivity index (χ1) is 16.1. The smallest absolute Gasteiger partial charge is 0.410 e. The number of carbonyl (C=O) groups excluding carboxylic acids is 1. The van der Waals surface area contributed by atoms with Gasteiger partial charge in [0.1, 0.15) is 6.61 Å². The van der Waals surface area contributed by atoms with Crippen molar-refractivity contribution in [2.75, 3.05) is 19.8 Å². The maximum absolute atomic E-state index is 13.2. The first-order valence-electron chi connectivity index (χ1n) is 11.9. The summed E-state index contributed by atoms with van der Waals surface area (Å²) in [5.41, 5.74) is 3.99. The van der Waals surface area contributed by atoms with Crippen LogP contribution in [-0.4, -0.2) is 53.6 Å². The number of fused-ring (bicyclic) bond motifs is 5. The van der Waals surface area contributed by atoms with Gasteiger partial charge in [0, 0.05) is 12.3 Å². The number of morpholine rings is 1. The third kappa shape index (κ3) is 4.23. The second-order valence-electron chi connectivity index (χ2n) is 9.55. The lowest BCUT2D eigenvalue weighted by Crippen LogP contribution is -2.63. The molecule has 33 heavy (non-hydrogen) atoms. The van der Waals surface area contributed by atoms with Crippen molar-refractivity contribution in [3.63, 3.8) is 0 Å². The largest absolute Gasteiger partial charge is 0.448 e. The first kappa shape index (κ1) is 21.9. The lowest BCUT2D eigenvalue weighted by atomic mass is 9.78. The van der Waals surface area contributed by atoms with Crippen LogP contribution in [0.4, 0.5) is 4.79 Å². The lowest BCUT2D eigenvalue weighted by Gasteiger charge is -2.51. The van der Waals surface area contributed by atoms with Gasteiger partial charge in [-0.15, -0.1) is 0 Å². The fourth-order valence-corrected chi connectivity index (χ4v) is 5.90. The summed E-state index contributed by atoms with van der Waals surface area (Å²) in [6.07, 6.45) is 3.43. The molecule has 2 aliphatic heterocycles. The van der Waals surface area contributed by atoms with Gasteiger partial charge in [-0.2, -0.15) is 5.26 Å². The molecule has 1 amide bonds. The normalized spacial score (nSPS) is 25.8. The van der Waals surface area contributed by atoms with E-state index in [2.05, 4.69) is 30.3 Å². The van der Waals surface area contributed by atoms with Gasteiger partial charge in [0.2, 0.25) is 0 Å². The van der Waals surface area contributed by atoms with E-state index in [0.717, 1.165) is 12.8 Å². The zero-order valence-electron chi connectivity index (χ0n) is 18.8. The number of unbranched alkanes of at least 4 members (excludes halogenated alkanes) is 2. The van der Waals surface area contributed by atoms with E-state index in [-0.39, 0.29) is 24.1 Å². The van der Waals surface area contributed by atoms with Crippen LogP contribution in [0.15, 0.2) is 48.5 Å². The highest BCUT2D eigenvalue weighted by molar-refractivity contribution is 5.79. The number of amides is 1. The molecule has 6 heteroatoms. The van der Waals surface area contributed by atoms with Gasteiger partial charge in [-0.3, -0.25) is 4.90 Å². The number of ether oxygens (including phenoxy) is 2. The number of benzene rings is 2. The SMILES string of the molecule is N#CCCCCC1(O)CC2COCC(C1)N2C(=O)OCC1c2ccccc2-c2ccccc21. The Labute approximate surface area is 194 Å². The van der Waals surface area contributed by atoms with Crippen molar-refractivity contribution in [3.05, 3.63) is 59.7 Å². The number of rotatable bonds is 6. The Morgan fingerprint density at radius 2 is 1.67 bits per heavy atom. The zero-order chi connectivity index (χ0) is 22.8. The molecule has 2 aromatic carbocycles. The summed E-state index contributed by atoms with van der Waals surface area (Å²) < 4.78 is 11.6. The number of carbonyl (C=O) groups is 1. The van der Waals surface area contributed by atoms with E-state index in [4.69, 9.17) is 14.7 Å². The summed E-state index contributed by atoms with van der Waals surface area (Å²) in [5.74, 6) is 0.0271. The average Bonchev–Trinajstić information content (AvgIpc) is 3.14. The van der Waals surface area contributed by atoms with Crippen LogP contribution in [-0.2, 0) is 9.47 Å². The summed E-state index contributed by atoms with van der Waals surface area (Å²) >= 11 is 0. The number of aliphatic hydroxyl groups is 1. The number of hydrogen-bond donors (Lipinski definition) is 1. The van der Waals surface area contributed by atoms with Gasteiger partial charge in [-0.1, -0.05) is 48.5 Å². The van der Waals surface area contributed by atoms with Crippen LogP contribution in [0.2, 0.25) is 0 Å². The van der Waals surface area contributed by atoms with Crippen molar-refractivity contribution in [1.82, 2.24) is 4.90 Å². The highest BCUT2D eigenvalue weighted by atomic mass is 16.6. The van der Waals surface area contributed by atoms with Crippen molar-refractivity contribution in [3.8, 4) is 17.2 Å². The van der Waals surface area contributed by atoms with E-state index < -0.39 is 5.60 Å². The Morgan fingerprint density at radius 1 is 1.06 bits per heavy atom. The number of nitrogens with zero attached hydrogens (tertiary/aromatic N) is 2. The summed E-state index contributed by atoms with van der Waals surface area (Å²) in [7, 11) is 0. The fourth-order valence-electron chi connectivity index (χ4n) is 5.90. The van der Waals surface area contributed by atoms with Gasteiger partial charge in [-0.25, -0.2) is 4.79 Å². The van der Waals surface area contributed by atoms with Crippen molar-refractivity contribution in [1.29, 1.82) is 5.26 Å². The predicted molar refractivity (Wildman–Crippen MR) is 124 cm³/mol. The van der Waals surface area contributed by atoms with E-state index in [9.17, 15) is 9.90 Å². The summed E-state index contributed by atoms with van der Waals surface area (Å²) in [5, 5.41) is 19.9. The third-order valence-corrected chi connectivity index (χ3v) is 7.37. The average molecular weight is 447 g/mol. The van der Waals surface area contributed by atoms with Crippen LogP contribution in [0.25, 0.3) is 11.1 Å². The summed E-state index contributed by atoms with van der Waals surface area (Å²) in [6.45, 7) is 1.13. The lowest BCUT2D eigenvalue weighted by molar-refractivity contribution is -0.135. The fraction of sp³-hybridized carbons (Fsp3) is 0.481. The van der Waals surface area contributed by atoms with Gasteiger partial charge in [0.15, 0.2) is 0 Å². The zero-order valence-corrected chi connectivity index (χ0v) is 18.8. The molecule has 2 aromatic rings. The number of hydrogen-bond acceptors (Lipinski definition) is 5. The number of nitriles is 1. The van der Waals surface area contributed by atoms with Gasteiger partial charge in [-0.05, 0) is 54.4 Å². The molecule has 0 radical (unpaired) electrons. The molecule has 2 atom stereocenters. The molecule has 5 rings (SSSR count). The van der Waals surface area contributed by atoms with Crippen molar-refractivity contribution in [2.45, 2.75) is 62.1 Å². The molecular formula is C27H30N2O4. The highest BCUT2D eigenvalue weighted by Crippen LogP contribution is 2.45. The molecule has 2 bridgehead atoms. The molecule has 1 aliphatic carbocycles. The minimum absolute atomic E-state index is 0.0271. The van der Waals surface area contributed by atoms with Crippen LogP contribution in [0.1, 0.15) is 55.6 Å². The molecule has 2 fully saturated rings. The molecule has 0 spiro atoms. The predicted octanol–water partition coefficient (Wildman–Crippen LogP) is 4.61. The highest BCUT2D eigenvalue weighted by Gasteiger charge is 2.48. The molecule has 2 saturated heterocycles. The Bertz CT molecular complexity index is 1000. The summed E-state index contributed by atoms with van der Waals surface area (Å²) in [4.78, 5) is 15.0. The summed E-state index contributed by atoms with van der Waals surface area (Å²) in [6, 6.07) is 18.4. The molecule has 172 valence electrons. The minimum atomic E-state index is -0.811. The van der Waals surface area contributed by atoms with Gasteiger partial charge in [0.25, 0.3) is 0 Å². The van der Waals surface area contributed by atoms with E-state index in [0.29, 0.717) is 45.5 Å². The Morgan fingerprint density at radius 3 is 2.27 bits per heavy atom. The molecular weight excluding hydrogens is 416 g/mol. The van der Waals surface area contributed by atoms with Crippen molar-refractivity contribution >= 4 is 6.09 Å². The van der Waals surface area contributed by atoms with E-state index in [1.807, 2.05) is 24.3 Å². The first-order valence-corrected chi connectivity index (χ1v) is 11.9. The molecule has 3 aliphatic rings. The maximum Gasteiger partial charge on any atom is 0.410 e. The van der Waals surface area contributed by atoms with Crippen molar-refractivity contribution in [2.24, 2.45) is 0 Å². The Balaban J connectivity index is 1.26. The quantitative estimate of drug-likeness (QED) is 0.655. The van der Waals surface area contributed by atoms with Crippen LogP contribution in [0.3, 0.4) is 0 Å². The van der Waals surface area contributed by atoms with E-state index >= 15 is 0 Å². The molecule has 2 heterocycles. The third-order valence-electron chi connectivity index (χ3n) is 7.37. The second kappa shape index (κ2) is 9.17. The number of piperidine rings is 1.